The van der Waals surface area contributed by atoms with Gasteiger partial charge >= 0.3 is 0 Å². The van der Waals surface area contributed by atoms with Gasteiger partial charge in [-0.05, 0) is 61.2 Å². The topological polar surface area (TPSA) is 80.3 Å². The van der Waals surface area contributed by atoms with Gasteiger partial charge in [0.05, 0.1) is 18.8 Å². The third kappa shape index (κ3) is 7.17. The number of carbonyl (C=O) groups is 2. The lowest BCUT2D eigenvalue weighted by molar-refractivity contribution is -0.147. The molecule has 2 amide bonds. The first-order chi connectivity index (χ1) is 17.8. The summed E-state index contributed by atoms with van der Waals surface area (Å²) in [5.74, 6) is -0.181. The lowest BCUT2D eigenvalue weighted by Gasteiger charge is -2.33. The Kier molecular flexibility index (Phi) is 10.2. The number of amides is 2. The van der Waals surface area contributed by atoms with Crippen LogP contribution in [0.3, 0.4) is 0 Å². The van der Waals surface area contributed by atoms with E-state index in [2.05, 4.69) is 47.7 Å². The van der Waals surface area contributed by atoms with Crippen LogP contribution in [0, 0.1) is 0 Å². The van der Waals surface area contributed by atoms with Gasteiger partial charge < -0.3 is 15.5 Å². The van der Waals surface area contributed by atoms with Crippen molar-refractivity contribution < 1.29 is 9.59 Å². The standard InChI is InChI=1S/C29H42N6O2/c1-7-21(3)25-15-22(4)27(16-26(25)30-5)34(19-28(36)32-14-13-31-8-2)20-29(37)33(6)35-17-23-11-9-10-12-24(23)18-35/h9-12,15-16,31H,7-8,13-14,17-20H2,1-6H3,(H,32,36)/b25-21+,30-26?. The molecule has 8 heteroatoms. The van der Waals surface area contributed by atoms with Gasteiger partial charge in [-0.1, -0.05) is 43.7 Å². The van der Waals surface area contributed by atoms with E-state index in [1.807, 2.05) is 49.0 Å². The van der Waals surface area contributed by atoms with Crippen LogP contribution in [0.15, 0.2) is 63.8 Å². The van der Waals surface area contributed by atoms with E-state index in [9.17, 15) is 9.59 Å². The minimum Gasteiger partial charge on any atom is -0.353 e. The largest absolute Gasteiger partial charge is 0.353 e. The molecule has 37 heavy (non-hydrogen) atoms. The molecule has 2 aliphatic rings. The van der Waals surface area contributed by atoms with Crippen molar-refractivity contribution in [3.63, 3.8) is 0 Å². The Balaban J connectivity index is 1.80. The molecule has 0 aromatic heterocycles. The number of aliphatic imine (C=N–C) groups is 1. The molecule has 0 saturated carbocycles. The molecule has 200 valence electrons. The van der Waals surface area contributed by atoms with E-state index in [0.717, 1.165) is 35.5 Å². The maximum absolute atomic E-state index is 13.5. The van der Waals surface area contributed by atoms with Crippen molar-refractivity contribution in [2.45, 2.75) is 47.2 Å². The lowest BCUT2D eigenvalue weighted by Crippen LogP contribution is -2.48. The monoisotopic (exact) mass is 506 g/mol. The van der Waals surface area contributed by atoms with Gasteiger partial charge in [0, 0.05) is 46.0 Å². The van der Waals surface area contributed by atoms with Crippen molar-refractivity contribution in [3.8, 4) is 0 Å². The van der Waals surface area contributed by atoms with Crippen LogP contribution >= 0.6 is 0 Å². The van der Waals surface area contributed by atoms with Gasteiger partial charge in [0.15, 0.2) is 0 Å². The predicted octanol–water partition coefficient (Wildman–Crippen LogP) is 3.04. The molecule has 1 heterocycles. The second-order valence-corrected chi connectivity index (χ2v) is 9.58. The Morgan fingerprint density at radius 1 is 1.05 bits per heavy atom. The van der Waals surface area contributed by atoms with Crippen molar-refractivity contribution in [2.75, 3.05) is 46.8 Å². The van der Waals surface area contributed by atoms with E-state index < -0.39 is 0 Å². The lowest BCUT2D eigenvalue weighted by atomic mass is 9.92. The van der Waals surface area contributed by atoms with Crippen molar-refractivity contribution in [1.29, 1.82) is 0 Å². The number of nitrogens with zero attached hydrogens (tertiary/aromatic N) is 4. The average molecular weight is 507 g/mol. The number of benzene rings is 1. The summed E-state index contributed by atoms with van der Waals surface area (Å²) >= 11 is 0. The van der Waals surface area contributed by atoms with Crippen molar-refractivity contribution >= 4 is 17.5 Å². The highest BCUT2D eigenvalue weighted by Gasteiger charge is 2.28. The van der Waals surface area contributed by atoms with Gasteiger partial charge in [-0.25, -0.2) is 5.01 Å². The number of fused-ring (bicyclic) bond motifs is 1. The SMILES string of the molecule is CCNCCNC(=O)CN(CC(=O)N(C)N1Cc2ccccc2C1)C1=CC(=NC)/C(=C(\C)CC)C=C1C. The van der Waals surface area contributed by atoms with Gasteiger partial charge in [-0.3, -0.25) is 19.6 Å². The molecule has 8 nitrogen and oxygen atoms in total. The van der Waals surface area contributed by atoms with Crippen molar-refractivity contribution in [3.05, 3.63) is 70.0 Å². The quantitative estimate of drug-likeness (QED) is 0.451. The summed E-state index contributed by atoms with van der Waals surface area (Å²) < 4.78 is 0. The predicted molar refractivity (Wildman–Crippen MR) is 150 cm³/mol. The van der Waals surface area contributed by atoms with Crippen LogP contribution in [0.5, 0.6) is 0 Å². The summed E-state index contributed by atoms with van der Waals surface area (Å²) in [6, 6.07) is 8.27. The Labute approximate surface area is 221 Å². The summed E-state index contributed by atoms with van der Waals surface area (Å²) in [6.45, 7) is 12.0. The van der Waals surface area contributed by atoms with Crippen molar-refractivity contribution in [1.82, 2.24) is 25.6 Å². The van der Waals surface area contributed by atoms with E-state index in [4.69, 9.17) is 0 Å². The van der Waals surface area contributed by atoms with Crippen LogP contribution in [-0.4, -0.2) is 79.3 Å². The number of hydrogen-bond acceptors (Lipinski definition) is 6. The molecule has 0 atom stereocenters. The second kappa shape index (κ2) is 13.4. The fourth-order valence-electron chi connectivity index (χ4n) is 4.62. The maximum atomic E-state index is 13.5. The molecule has 0 spiro atoms. The highest BCUT2D eigenvalue weighted by Crippen LogP contribution is 2.27. The first-order valence-corrected chi connectivity index (χ1v) is 13.2. The summed E-state index contributed by atoms with van der Waals surface area (Å²) in [6.07, 6.45) is 5.06. The summed E-state index contributed by atoms with van der Waals surface area (Å²) in [5, 5.41) is 9.92. The molecule has 1 aliphatic heterocycles. The molecule has 0 saturated heterocycles. The zero-order chi connectivity index (χ0) is 26.9. The fourth-order valence-corrected chi connectivity index (χ4v) is 4.62. The molecule has 0 fully saturated rings. The van der Waals surface area contributed by atoms with E-state index >= 15 is 0 Å². The smallest absolute Gasteiger partial charge is 0.256 e. The number of carbonyl (C=O) groups excluding carboxylic acids is 2. The van der Waals surface area contributed by atoms with Gasteiger partial charge in [0.1, 0.15) is 0 Å². The number of hydrazine groups is 1. The number of likely N-dealkylation sites (N-methyl/N-ethyl adjacent to an activating group) is 2. The normalized spacial score (nSPS) is 17.7. The Bertz CT molecular complexity index is 1090. The Hall–Kier alpha value is -3.23. The molecule has 0 bridgehead atoms. The maximum Gasteiger partial charge on any atom is 0.256 e. The van der Waals surface area contributed by atoms with Crippen LogP contribution in [0.4, 0.5) is 0 Å². The highest BCUT2D eigenvalue weighted by molar-refractivity contribution is 6.13. The molecule has 2 N–H and O–H groups in total. The van der Waals surface area contributed by atoms with E-state index in [1.165, 1.54) is 16.7 Å². The van der Waals surface area contributed by atoms with Crippen LogP contribution in [-0.2, 0) is 22.7 Å². The highest BCUT2D eigenvalue weighted by atomic mass is 16.2. The molecular weight excluding hydrogens is 464 g/mol. The minimum atomic E-state index is -0.114. The van der Waals surface area contributed by atoms with Gasteiger partial charge in [-0.15, -0.1) is 0 Å². The third-order valence-corrected chi connectivity index (χ3v) is 7.03. The first-order valence-electron chi connectivity index (χ1n) is 13.2. The van der Waals surface area contributed by atoms with Crippen LogP contribution in [0.25, 0.3) is 0 Å². The van der Waals surface area contributed by atoms with E-state index in [1.54, 1.807) is 12.1 Å². The molecule has 1 aromatic rings. The molecule has 1 aromatic carbocycles. The zero-order valence-corrected chi connectivity index (χ0v) is 23.2. The Morgan fingerprint density at radius 2 is 1.73 bits per heavy atom. The third-order valence-electron chi connectivity index (χ3n) is 7.03. The van der Waals surface area contributed by atoms with E-state index in [-0.39, 0.29) is 24.9 Å². The first kappa shape index (κ1) is 28.3. The molecular formula is C29H42N6O2. The number of allylic oxidation sites excluding steroid dienone is 5. The number of hydrogen-bond donors (Lipinski definition) is 2. The summed E-state index contributed by atoms with van der Waals surface area (Å²) in [5.41, 5.74) is 7.57. The molecule has 0 radical (unpaired) electrons. The van der Waals surface area contributed by atoms with Crippen molar-refractivity contribution in [2.24, 2.45) is 4.99 Å². The zero-order valence-electron chi connectivity index (χ0n) is 23.2. The summed E-state index contributed by atoms with van der Waals surface area (Å²) in [4.78, 5) is 32.8. The minimum absolute atomic E-state index is 0.0666. The average Bonchev–Trinajstić information content (AvgIpc) is 3.34. The number of nitrogens with one attached hydrogen (secondary N) is 2. The molecule has 3 rings (SSSR count). The number of rotatable bonds is 11. The van der Waals surface area contributed by atoms with Crippen LogP contribution in [0.1, 0.15) is 45.2 Å². The molecule has 1 aliphatic carbocycles. The summed E-state index contributed by atoms with van der Waals surface area (Å²) in [7, 11) is 3.59. The van der Waals surface area contributed by atoms with Crippen LogP contribution < -0.4 is 10.6 Å². The fraction of sp³-hybridized carbons (Fsp3) is 0.483. The molecule has 0 unspecified atom stereocenters. The van der Waals surface area contributed by atoms with Gasteiger partial charge in [-0.2, -0.15) is 0 Å². The van der Waals surface area contributed by atoms with Crippen LogP contribution in [0.2, 0.25) is 0 Å². The van der Waals surface area contributed by atoms with E-state index in [0.29, 0.717) is 26.2 Å². The Morgan fingerprint density at radius 3 is 2.32 bits per heavy atom. The second-order valence-electron chi connectivity index (χ2n) is 9.58. The van der Waals surface area contributed by atoms with Gasteiger partial charge in [0.2, 0.25) is 5.91 Å². The van der Waals surface area contributed by atoms with Gasteiger partial charge in [0.25, 0.3) is 5.91 Å².